The average Bonchev–Trinajstić information content (AvgIpc) is 2.15. The van der Waals surface area contributed by atoms with Gasteiger partial charge in [-0.15, -0.1) is 0 Å². The third-order valence-electron chi connectivity index (χ3n) is 1.98. The fourth-order valence-electron chi connectivity index (χ4n) is 1.01. The quantitative estimate of drug-likeness (QED) is 0.812. The van der Waals surface area contributed by atoms with Gasteiger partial charge in [0, 0.05) is 18.1 Å². The summed E-state index contributed by atoms with van der Waals surface area (Å²) in [6, 6.07) is 5.25. The van der Waals surface area contributed by atoms with Crippen molar-refractivity contribution < 1.29 is 4.79 Å². The van der Waals surface area contributed by atoms with Gasteiger partial charge in [0.15, 0.2) is 0 Å². The molecular weight excluding hydrogens is 265 g/mol. The zero-order valence-corrected chi connectivity index (χ0v) is 10.4. The summed E-state index contributed by atoms with van der Waals surface area (Å²) in [7, 11) is 1.75. The Balaban J connectivity index is 3.02. The number of amides is 1. The fourth-order valence-corrected chi connectivity index (χ4v) is 1.77. The number of hydrogen-bond donors (Lipinski definition) is 0. The van der Waals surface area contributed by atoms with E-state index < -0.39 is 0 Å². The molecular formula is C10H11BrClNO. The normalized spacial score (nSPS) is 10.0. The minimum atomic E-state index is -0.0509. The van der Waals surface area contributed by atoms with Gasteiger partial charge in [-0.3, -0.25) is 4.79 Å². The summed E-state index contributed by atoms with van der Waals surface area (Å²) in [5, 5.41) is 0.477. The lowest BCUT2D eigenvalue weighted by molar-refractivity contribution is 0.0802. The van der Waals surface area contributed by atoms with Gasteiger partial charge in [-0.05, 0) is 25.1 Å². The van der Waals surface area contributed by atoms with Crippen LogP contribution >= 0.6 is 27.5 Å². The van der Waals surface area contributed by atoms with E-state index in [1.165, 1.54) is 0 Å². The molecule has 0 spiro atoms. The topological polar surface area (TPSA) is 20.3 Å². The molecule has 0 aliphatic carbocycles. The highest BCUT2D eigenvalue weighted by Gasteiger charge is 2.13. The van der Waals surface area contributed by atoms with Gasteiger partial charge < -0.3 is 4.90 Å². The minimum absolute atomic E-state index is 0.0509. The van der Waals surface area contributed by atoms with Crippen LogP contribution in [0.2, 0.25) is 5.02 Å². The molecule has 0 aliphatic heterocycles. The zero-order valence-electron chi connectivity index (χ0n) is 8.05. The number of hydrogen-bond acceptors (Lipinski definition) is 1. The van der Waals surface area contributed by atoms with Crippen LogP contribution in [0.4, 0.5) is 0 Å². The van der Waals surface area contributed by atoms with Crippen LogP contribution in [0.15, 0.2) is 22.7 Å². The zero-order chi connectivity index (χ0) is 10.7. The van der Waals surface area contributed by atoms with Crippen molar-refractivity contribution >= 4 is 33.4 Å². The highest BCUT2D eigenvalue weighted by Crippen LogP contribution is 2.22. The summed E-state index contributed by atoms with van der Waals surface area (Å²) < 4.78 is 0.873. The smallest absolute Gasteiger partial charge is 0.255 e. The third-order valence-corrected chi connectivity index (χ3v) is 2.79. The van der Waals surface area contributed by atoms with Crippen LogP contribution in [0.3, 0.4) is 0 Å². The molecule has 0 saturated heterocycles. The van der Waals surface area contributed by atoms with E-state index in [1.54, 1.807) is 24.1 Å². The first kappa shape index (κ1) is 11.5. The molecule has 2 nitrogen and oxygen atoms in total. The lowest BCUT2D eigenvalue weighted by Gasteiger charge is -2.15. The summed E-state index contributed by atoms with van der Waals surface area (Å²) in [4.78, 5) is 13.4. The van der Waals surface area contributed by atoms with Gasteiger partial charge >= 0.3 is 0 Å². The summed E-state index contributed by atoms with van der Waals surface area (Å²) in [6.07, 6.45) is 0. The second-order valence-corrected chi connectivity index (χ2v) is 4.27. The van der Waals surface area contributed by atoms with Gasteiger partial charge in [-0.2, -0.15) is 0 Å². The fraction of sp³-hybridized carbons (Fsp3) is 0.300. The molecule has 14 heavy (non-hydrogen) atoms. The molecule has 0 radical (unpaired) electrons. The van der Waals surface area contributed by atoms with E-state index in [1.807, 2.05) is 13.0 Å². The van der Waals surface area contributed by atoms with Crippen molar-refractivity contribution in [2.75, 3.05) is 13.6 Å². The van der Waals surface area contributed by atoms with Crippen LogP contribution < -0.4 is 0 Å². The Morgan fingerprint density at radius 3 is 2.71 bits per heavy atom. The van der Waals surface area contributed by atoms with Crippen LogP contribution in [-0.4, -0.2) is 24.4 Å². The number of halogens is 2. The third kappa shape index (κ3) is 2.49. The average molecular weight is 277 g/mol. The van der Waals surface area contributed by atoms with Gasteiger partial charge in [0.2, 0.25) is 0 Å². The number of rotatable bonds is 2. The second kappa shape index (κ2) is 4.80. The van der Waals surface area contributed by atoms with Gasteiger partial charge in [-0.25, -0.2) is 0 Å². The van der Waals surface area contributed by atoms with E-state index in [0.29, 0.717) is 17.1 Å². The maximum absolute atomic E-state index is 11.7. The van der Waals surface area contributed by atoms with Gasteiger partial charge in [0.25, 0.3) is 5.91 Å². The molecule has 0 saturated carbocycles. The summed E-state index contributed by atoms with van der Waals surface area (Å²) in [5.41, 5.74) is 0.541. The molecule has 0 atom stereocenters. The summed E-state index contributed by atoms with van der Waals surface area (Å²) in [5.74, 6) is -0.0509. The van der Waals surface area contributed by atoms with Crippen molar-refractivity contribution in [2.24, 2.45) is 0 Å². The Morgan fingerprint density at radius 1 is 1.57 bits per heavy atom. The first-order valence-corrected chi connectivity index (χ1v) is 5.44. The Labute approximate surface area is 97.0 Å². The number of carbonyl (C=O) groups is 1. The summed E-state index contributed by atoms with van der Waals surface area (Å²) in [6.45, 7) is 2.59. The van der Waals surface area contributed by atoms with E-state index in [0.717, 1.165) is 4.47 Å². The predicted molar refractivity (Wildman–Crippen MR) is 61.8 cm³/mol. The molecule has 4 heteroatoms. The number of carbonyl (C=O) groups excluding carboxylic acids is 1. The van der Waals surface area contributed by atoms with Crippen LogP contribution in [-0.2, 0) is 0 Å². The molecule has 0 fully saturated rings. The number of nitrogens with zero attached hydrogens (tertiary/aromatic N) is 1. The van der Waals surface area contributed by atoms with Crippen molar-refractivity contribution in [1.29, 1.82) is 0 Å². The van der Waals surface area contributed by atoms with Crippen molar-refractivity contribution in [2.45, 2.75) is 6.92 Å². The highest BCUT2D eigenvalue weighted by atomic mass is 79.9. The Hall–Kier alpha value is -0.540. The molecule has 76 valence electrons. The lowest BCUT2D eigenvalue weighted by Crippen LogP contribution is -2.26. The molecule has 1 amide bonds. The molecule has 1 aromatic carbocycles. The van der Waals surface area contributed by atoms with Gasteiger partial charge in [-0.1, -0.05) is 27.5 Å². The van der Waals surface area contributed by atoms with Crippen LogP contribution in [0.1, 0.15) is 17.3 Å². The maximum atomic E-state index is 11.7. The van der Waals surface area contributed by atoms with Crippen molar-refractivity contribution in [1.82, 2.24) is 4.90 Å². The Bertz CT molecular complexity index is 354. The molecule has 0 unspecified atom stereocenters. The van der Waals surface area contributed by atoms with E-state index in [-0.39, 0.29) is 5.91 Å². The first-order valence-electron chi connectivity index (χ1n) is 4.26. The molecule has 0 bridgehead atoms. The van der Waals surface area contributed by atoms with E-state index in [2.05, 4.69) is 15.9 Å². The Morgan fingerprint density at radius 2 is 2.21 bits per heavy atom. The van der Waals surface area contributed by atoms with Crippen LogP contribution in [0.25, 0.3) is 0 Å². The molecule has 0 aromatic heterocycles. The maximum Gasteiger partial charge on any atom is 0.255 e. The Kier molecular flexibility index (Phi) is 3.96. The van der Waals surface area contributed by atoms with Gasteiger partial charge in [0.1, 0.15) is 0 Å². The first-order chi connectivity index (χ1) is 6.56. The summed E-state index contributed by atoms with van der Waals surface area (Å²) >= 11 is 9.24. The van der Waals surface area contributed by atoms with E-state index in [9.17, 15) is 4.79 Å². The number of benzene rings is 1. The van der Waals surface area contributed by atoms with E-state index >= 15 is 0 Å². The monoisotopic (exact) mass is 275 g/mol. The molecule has 0 N–H and O–H groups in total. The molecule has 0 aliphatic rings. The second-order valence-electron chi connectivity index (χ2n) is 2.94. The minimum Gasteiger partial charge on any atom is -0.342 e. The SMILES string of the molecule is CCN(C)C(=O)c1ccc(Br)cc1Cl. The van der Waals surface area contributed by atoms with Crippen molar-refractivity contribution in [3.05, 3.63) is 33.3 Å². The van der Waals surface area contributed by atoms with Crippen LogP contribution in [0, 0.1) is 0 Å². The van der Waals surface area contributed by atoms with E-state index in [4.69, 9.17) is 11.6 Å². The lowest BCUT2D eigenvalue weighted by atomic mass is 10.2. The molecule has 1 rings (SSSR count). The van der Waals surface area contributed by atoms with Gasteiger partial charge in [0.05, 0.1) is 10.6 Å². The van der Waals surface area contributed by atoms with Crippen molar-refractivity contribution in [3.63, 3.8) is 0 Å². The van der Waals surface area contributed by atoms with Crippen molar-refractivity contribution in [3.8, 4) is 0 Å². The highest BCUT2D eigenvalue weighted by molar-refractivity contribution is 9.10. The predicted octanol–water partition coefficient (Wildman–Crippen LogP) is 3.19. The largest absolute Gasteiger partial charge is 0.342 e. The molecule has 1 aromatic rings. The molecule has 0 heterocycles. The van der Waals surface area contributed by atoms with Crippen LogP contribution in [0.5, 0.6) is 0 Å². The standard InChI is InChI=1S/C10H11BrClNO/c1-3-13(2)10(14)8-5-4-7(11)6-9(8)12/h4-6H,3H2,1-2H3.